The summed E-state index contributed by atoms with van der Waals surface area (Å²) in [7, 11) is 1.49. The second-order valence-electron chi connectivity index (χ2n) is 6.67. The van der Waals surface area contributed by atoms with Crippen LogP contribution in [0.3, 0.4) is 0 Å². The van der Waals surface area contributed by atoms with E-state index in [2.05, 4.69) is 33.5 Å². The Morgan fingerprint density at radius 3 is 2.82 bits per heavy atom. The van der Waals surface area contributed by atoms with Gasteiger partial charge < -0.3 is 15.8 Å². The summed E-state index contributed by atoms with van der Waals surface area (Å²) >= 11 is 10.1. The Balaban J connectivity index is 1.80. The molecule has 6 nitrogen and oxygen atoms in total. The first-order chi connectivity index (χ1) is 13.3. The van der Waals surface area contributed by atoms with Crippen LogP contribution in [-0.4, -0.2) is 24.0 Å². The number of halogens is 1. The zero-order chi connectivity index (χ0) is 20.4. The first-order valence-electron chi connectivity index (χ1n) is 8.70. The minimum atomic E-state index is -0.489. The van der Waals surface area contributed by atoms with Crippen molar-refractivity contribution in [1.29, 1.82) is 0 Å². The summed E-state index contributed by atoms with van der Waals surface area (Å²) in [5.41, 5.74) is 7.44. The predicted octanol–water partition coefficient (Wildman–Crippen LogP) is 3.87. The fourth-order valence-electron chi connectivity index (χ4n) is 3.26. The lowest BCUT2D eigenvalue weighted by atomic mass is 9.88. The molecule has 1 aliphatic rings. The third-order valence-electron chi connectivity index (χ3n) is 4.62. The number of thiocarbonyl (C=S) groups is 1. The van der Waals surface area contributed by atoms with Gasteiger partial charge in [0, 0.05) is 9.35 Å². The maximum atomic E-state index is 12.6. The molecular formula is C19H20BrN3O3S2. The molecule has 1 aromatic heterocycles. The number of benzene rings is 1. The number of carbonyl (C=O) groups excluding carboxylic acids is 2. The largest absolute Gasteiger partial charge is 0.496 e. The number of rotatable bonds is 4. The molecule has 1 aliphatic carbocycles. The predicted molar refractivity (Wildman–Crippen MR) is 118 cm³/mol. The van der Waals surface area contributed by atoms with Crippen molar-refractivity contribution < 1.29 is 14.3 Å². The van der Waals surface area contributed by atoms with Crippen molar-refractivity contribution in [3.05, 3.63) is 44.2 Å². The Hall–Kier alpha value is -1.97. The number of carbonyl (C=O) groups is 2. The molecule has 2 amide bonds. The van der Waals surface area contributed by atoms with E-state index < -0.39 is 11.8 Å². The molecule has 0 saturated heterocycles. The van der Waals surface area contributed by atoms with Crippen molar-refractivity contribution in [2.24, 2.45) is 11.7 Å². The minimum Gasteiger partial charge on any atom is -0.496 e. The van der Waals surface area contributed by atoms with Gasteiger partial charge in [-0.05, 0) is 61.2 Å². The quantitative estimate of drug-likeness (QED) is 0.576. The highest BCUT2D eigenvalue weighted by molar-refractivity contribution is 9.10. The van der Waals surface area contributed by atoms with E-state index >= 15 is 0 Å². The van der Waals surface area contributed by atoms with E-state index in [-0.39, 0.29) is 5.11 Å². The number of methoxy groups -OCH3 is 1. The zero-order valence-electron chi connectivity index (χ0n) is 15.4. The van der Waals surface area contributed by atoms with Crippen molar-refractivity contribution in [1.82, 2.24) is 5.32 Å². The third-order valence-corrected chi connectivity index (χ3v) is 6.49. The van der Waals surface area contributed by atoms with Crippen LogP contribution in [0.4, 0.5) is 5.00 Å². The number of ether oxygens (including phenoxy) is 1. The van der Waals surface area contributed by atoms with Crippen LogP contribution in [0.25, 0.3) is 0 Å². The molecule has 1 heterocycles. The number of fused-ring (bicyclic) bond motifs is 1. The van der Waals surface area contributed by atoms with E-state index in [0.29, 0.717) is 27.8 Å². The van der Waals surface area contributed by atoms with Gasteiger partial charge in [-0.2, -0.15) is 0 Å². The molecule has 1 atom stereocenters. The number of hydrogen-bond acceptors (Lipinski definition) is 5. The molecular weight excluding hydrogens is 462 g/mol. The van der Waals surface area contributed by atoms with Crippen molar-refractivity contribution >= 4 is 61.4 Å². The van der Waals surface area contributed by atoms with Gasteiger partial charge >= 0.3 is 0 Å². The second-order valence-corrected chi connectivity index (χ2v) is 9.10. The molecule has 1 aromatic carbocycles. The fraction of sp³-hybridized carbons (Fsp3) is 0.316. The minimum absolute atomic E-state index is 0.0983. The van der Waals surface area contributed by atoms with E-state index in [4.69, 9.17) is 22.7 Å². The number of nitrogens with two attached hydrogens (primary N) is 1. The molecule has 9 heteroatoms. The standard InChI is InChI=1S/C19H20BrN3O3S2/c1-9-3-5-11-14(7-9)28-18(15(11)16(21)24)23-19(27)22-17(25)12-8-10(20)4-6-13(12)26-2/h4,6,8-9H,3,5,7H2,1-2H3,(H2,21,24)(H2,22,23,25,27)/t9-/m1/s1. The zero-order valence-corrected chi connectivity index (χ0v) is 18.6. The van der Waals surface area contributed by atoms with E-state index in [9.17, 15) is 9.59 Å². The molecule has 4 N–H and O–H groups in total. The van der Waals surface area contributed by atoms with Gasteiger partial charge in [0.15, 0.2) is 5.11 Å². The van der Waals surface area contributed by atoms with E-state index in [1.807, 2.05) is 0 Å². The molecule has 2 aromatic rings. The van der Waals surface area contributed by atoms with Crippen LogP contribution in [0.1, 0.15) is 44.5 Å². The van der Waals surface area contributed by atoms with Gasteiger partial charge in [0.1, 0.15) is 10.8 Å². The molecule has 0 saturated carbocycles. The number of thiophene rings is 1. The fourth-order valence-corrected chi connectivity index (χ4v) is 5.30. The summed E-state index contributed by atoms with van der Waals surface area (Å²) in [6.45, 7) is 2.19. The first kappa shape index (κ1) is 20.8. The van der Waals surface area contributed by atoms with Crippen LogP contribution < -0.4 is 21.1 Å². The topological polar surface area (TPSA) is 93.4 Å². The van der Waals surface area contributed by atoms with Crippen LogP contribution in [0.15, 0.2) is 22.7 Å². The summed E-state index contributed by atoms with van der Waals surface area (Å²) in [4.78, 5) is 25.8. The average molecular weight is 482 g/mol. The third kappa shape index (κ3) is 4.37. The molecule has 0 aliphatic heterocycles. The van der Waals surface area contributed by atoms with Crippen molar-refractivity contribution in [3.63, 3.8) is 0 Å². The number of nitrogens with one attached hydrogen (secondary N) is 2. The highest BCUT2D eigenvalue weighted by atomic mass is 79.9. The molecule has 0 unspecified atom stereocenters. The number of anilines is 1. The van der Waals surface area contributed by atoms with Gasteiger partial charge in [0.05, 0.1) is 18.2 Å². The van der Waals surface area contributed by atoms with Gasteiger partial charge in [-0.15, -0.1) is 11.3 Å². The van der Waals surface area contributed by atoms with Crippen LogP contribution in [0.5, 0.6) is 5.75 Å². The maximum absolute atomic E-state index is 12.6. The Morgan fingerprint density at radius 2 is 2.14 bits per heavy atom. The van der Waals surface area contributed by atoms with Gasteiger partial charge in [0.2, 0.25) is 0 Å². The molecule has 3 rings (SSSR count). The van der Waals surface area contributed by atoms with Gasteiger partial charge in [0.25, 0.3) is 11.8 Å². The van der Waals surface area contributed by atoms with Crippen LogP contribution in [-0.2, 0) is 12.8 Å². The van der Waals surface area contributed by atoms with Crippen LogP contribution in [0, 0.1) is 5.92 Å². The van der Waals surface area contributed by atoms with E-state index in [1.54, 1.807) is 18.2 Å². The maximum Gasteiger partial charge on any atom is 0.261 e. The molecule has 0 spiro atoms. The summed E-state index contributed by atoms with van der Waals surface area (Å²) < 4.78 is 5.98. The molecule has 0 fully saturated rings. The van der Waals surface area contributed by atoms with E-state index in [0.717, 1.165) is 34.2 Å². The summed E-state index contributed by atoms with van der Waals surface area (Å²) in [5.74, 6) is 0.0980. The lowest BCUT2D eigenvalue weighted by Crippen LogP contribution is -2.34. The Bertz CT molecular complexity index is 958. The van der Waals surface area contributed by atoms with Crippen LogP contribution >= 0.6 is 39.5 Å². The normalized spacial score (nSPS) is 15.5. The monoisotopic (exact) mass is 481 g/mol. The summed E-state index contributed by atoms with van der Waals surface area (Å²) in [5, 5.41) is 6.30. The van der Waals surface area contributed by atoms with Crippen LogP contribution in [0.2, 0.25) is 0 Å². The Morgan fingerprint density at radius 1 is 1.39 bits per heavy atom. The summed E-state index contributed by atoms with van der Waals surface area (Å²) in [6, 6.07) is 5.12. The van der Waals surface area contributed by atoms with Gasteiger partial charge in [-0.1, -0.05) is 22.9 Å². The smallest absolute Gasteiger partial charge is 0.261 e. The first-order valence-corrected chi connectivity index (χ1v) is 10.7. The van der Waals surface area contributed by atoms with Crippen molar-refractivity contribution in [3.8, 4) is 5.75 Å². The Labute approximate surface area is 181 Å². The van der Waals surface area contributed by atoms with E-state index in [1.165, 1.54) is 18.4 Å². The van der Waals surface area contributed by atoms with Gasteiger partial charge in [-0.3, -0.25) is 14.9 Å². The molecule has 0 radical (unpaired) electrons. The lowest BCUT2D eigenvalue weighted by Gasteiger charge is -2.18. The molecule has 0 bridgehead atoms. The average Bonchev–Trinajstić information content (AvgIpc) is 2.98. The Kier molecular flexibility index (Phi) is 6.36. The number of primary amides is 1. The van der Waals surface area contributed by atoms with Crippen molar-refractivity contribution in [2.75, 3.05) is 12.4 Å². The lowest BCUT2D eigenvalue weighted by molar-refractivity contribution is 0.0972. The van der Waals surface area contributed by atoms with Crippen molar-refractivity contribution in [2.45, 2.75) is 26.2 Å². The number of hydrogen-bond donors (Lipinski definition) is 3. The number of amides is 2. The van der Waals surface area contributed by atoms with Gasteiger partial charge in [-0.25, -0.2) is 0 Å². The second kappa shape index (κ2) is 8.59. The molecule has 28 heavy (non-hydrogen) atoms. The summed E-state index contributed by atoms with van der Waals surface area (Å²) in [6.07, 6.45) is 2.75. The SMILES string of the molecule is COc1ccc(Br)cc1C(=O)NC(=S)Nc1sc2c(c1C(N)=O)CC[C@@H](C)C2. The highest BCUT2D eigenvalue weighted by Gasteiger charge is 2.27. The highest BCUT2D eigenvalue weighted by Crippen LogP contribution is 2.39. The molecule has 148 valence electrons.